The third-order valence-electron chi connectivity index (χ3n) is 5.91. The third-order valence-corrected chi connectivity index (χ3v) is 6.23. The molecule has 4 nitrogen and oxygen atoms in total. The lowest BCUT2D eigenvalue weighted by atomic mass is 10.0. The van der Waals surface area contributed by atoms with Crippen LogP contribution >= 0.6 is 12.2 Å². The van der Waals surface area contributed by atoms with Gasteiger partial charge in [-0.25, -0.2) is 4.39 Å². The molecule has 1 N–H and O–H groups in total. The van der Waals surface area contributed by atoms with Gasteiger partial charge in [0.25, 0.3) is 0 Å². The summed E-state index contributed by atoms with van der Waals surface area (Å²) in [6.45, 7) is 4.19. The van der Waals surface area contributed by atoms with E-state index in [4.69, 9.17) is 16.6 Å². The van der Waals surface area contributed by atoms with Crippen molar-refractivity contribution in [2.75, 3.05) is 4.90 Å². The van der Waals surface area contributed by atoms with Gasteiger partial charge in [-0.05, 0) is 97.9 Å². The van der Waals surface area contributed by atoms with Gasteiger partial charge in [0.2, 0.25) is 0 Å². The predicted molar refractivity (Wildman–Crippen MR) is 128 cm³/mol. The van der Waals surface area contributed by atoms with Crippen molar-refractivity contribution >= 4 is 23.0 Å². The first-order chi connectivity index (χ1) is 15.5. The van der Waals surface area contributed by atoms with Crippen molar-refractivity contribution in [3.8, 4) is 11.3 Å². The number of thiocarbonyl (C=S) groups is 1. The maximum atomic E-state index is 13.4. The molecule has 0 bridgehead atoms. The van der Waals surface area contributed by atoms with Gasteiger partial charge >= 0.3 is 0 Å². The Morgan fingerprint density at radius 3 is 2.50 bits per heavy atom. The standard InChI is InChI=1S/C26H22FN3OS/c1-16-6-11-20(15-17(16)2)30-25(24(29-26(30)32)21-5-3-4-14-28-21)23-13-12-22(31-23)18-7-9-19(27)10-8-18/h3-15,24-25H,1-2H3,(H,29,32). The maximum absolute atomic E-state index is 13.4. The molecule has 2 aromatic heterocycles. The van der Waals surface area contributed by atoms with E-state index in [2.05, 4.69) is 47.2 Å². The first-order valence-corrected chi connectivity index (χ1v) is 10.9. The van der Waals surface area contributed by atoms with Gasteiger partial charge in [-0.3, -0.25) is 4.98 Å². The average molecular weight is 444 g/mol. The molecule has 1 saturated heterocycles. The Bertz CT molecular complexity index is 1270. The van der Waals surface area contributed by atoms with Crippen LogP contribution in [0, 0.1) is 19.7 Å². The van der Waals surface area contributed by atoms with Crippen LogP contribution in [0.2, 0.25) is 0 Å². The highest BCUT2D eigenvalue weighted by molar-refractivity contribution is 7.80. The maximum Gasteiger partial charge on any atom is 0.174 e. The van der Waals surface area contributed by atoms with Crippen LogP contribution in [0.4, 0.5) is 10.1 Å². The smallest absolute Gasteiger partial charge is 0.174 e. The summed E-state index contributed by atoms with van der Waals surface area (Å²) < 4.78 is 19.7. The number of furan rings is 1. The fourth-order valence-electron chi connectivity index (χ4n) is 4.08. The summed E-state index contributed by atoms with van der Waals surface area (Å²) in [4.78, 5) is 6.66. The van der Waals surface area contributed by atoms with Crippen molar-refractivity contribution in [2.24, 2.45) is 0 Å². The summed E-state index contributed by atoms with van der Waals surface area (Å²) in [6.07, 6.45) is 1.78. The molecular formula is C26H22FN3OS. The Labute approximate surface area is 191 Å². The van der Waals surface area contributed by atoms with E-state index >= 15 is 0 Å². The number of aryl methyl sites for hydroxylation is 2. The monoisotopic (exact) mass is 443 g/mol. The van der Waals surface area contributed by atoms with Gasteiger partial charge in [-0.15, -0.1) is 0 Å². The van der Waals surface area contributed by atoms with Crippen molar-refractivity contribution in [3.05, 3.63) is 107 Å². The lowest BCUT2D eigenvalue weighted by Gasteiger charge is -2.26. The Hall–Kier alpha value is -3.51. The molecule has 1 aliphatic heterocycles. The van der Waals surface area contributed by atoms with Gasteiger partial charge in [0.1, 0.15) is 23.4 Å². The lowest BCUT2D eigenvalue weighted by molar-refractivity contribution is 0.439. The fourth-order valence-corrected chi connectivity index (χ4v) is 4.42. The van der Waals surface area contributed by atoms with E-state index in [1.54, 1.807) is 18.3 Å². The topological polar surface area (TPSA) is 41.3 Å². The van der Waals surface area contributed by atoms with Crippen molar-refractivity contribution < 1.29 is 8.81 Å². The highest BCUT2D eigenvalue weighted by Gasteiger charge is 2.42. The van der Waals surface area contributed by atoms with E-state index in [1.807, 2.05) is 30.3 Å². The number of aromatic nitrogens is 1. The van der Waals surface area contributed by atoms with Gasteiger partial charge in [-0.1, -0.05) is 12.1 Å². The van der Waals surface area contributed by atoms with Crippen LogP contribution in [0.5, 0.6) is 0 Å². The molecule has 1 fully saturated rings. The van der Waals surface area contributed by atoms with Crippen LogP contribution in [0.3, 0.4) is 0 Å². The van der Waals surface area contributed by atoms with Crippen LogP contribution in [-0.2, 0) is 0 Å². The second kappa shape index (κ2) is 8.20. The van der Waals surface area contributed by atoms with Crippen molar-refractivity contribution in [1.29, 1.82) is 0 Å². The number of nitrogens with one attached hydrogen (secondary N) is 1. The molecule has 2 aromatic carbocycles. The van der Waals surface area contributed by atoms with E-state index in [-0.39, 0.29) is 17.9 Å². The number of halogens is 1. The zero-order valence-corrected chi connectivity index (χ0v) is 18.6. The van der Waals surface area contributed by atoms with Crippen LogP contribution in [-0.4, -0.2) is 10.1 Å². The van der Waals surface area contributed by atoms with E-state index < -0.39 is 0 Å². The van der Waals surface area contributed by atoms with Gasteiger partial charge in [0, 0.05) is 17.4 Å². The van der Waals surface area contributed by atoms with Gasteiger partial charge < -0.3 is 14.6 Å². The Morgan fingerprint density at radius 2 is 1.78 bits per heavy atom. The molecule has 1 aliphatic rings. The zero-order valence-electron chi connectivity index (χ0n) is 17.7. The summed E-state index contributed by atoms with van der Waals surface area (Å²) in [5.41, 5.74) is 5.11. The molecule has 3 heterocycles. The quantitative estimate of drug-likeness (QED) is 0.376. The lowest BCUT2D eigenvalue weighted by Crippen LogP contribution is -2.29. The molecule has 0 radical (unpaired) electrons. The largest absolute Gasteiger partial charge is 0.459 e. The minimum atomic E-state index is -0.276. The molecule has 32 heavy (non-hydrogen) atoms. The number of hydrogen-bond donors (Lipinski definition) is 1. The van der Waals surface area contributed by atoms with Crippen molar-refractivity contribution in [2.45, 2.75) is 25.9 Å². The second-order valence-electron chi connectivity index (χ2n) is 7.97. The highest BCUT2D eigenvalue weighted by Crippen LogP contribution is 2.43. The van der Waals surface area contributed by atoms with E-state index in [9.17, 15) is 4.39 Å². The molecule has 0 amide bonds. The van der Waals surface area contributed by atoms with Crippen LogP contribution in [0.25, 0.3) is 11.3 Å². The number of benzene rings is 2. The number of rotatable bonds is 4. The zero-order chi connectivity index (χ0) is 22.2. The Balaban J connectivity index is 1.60. The molecule has 2 atom stereocenters. The van der Waals surface area contributed by atoms with Crippen LogP contribution in [0.1, 0.15) is 34.7 Å². The van der Waals surface area contributed by atoms with Gasteiger partial charge in [0.05, 0.1) is 11.7 Å². The fraction of sp³-hybridized carbons (Fsp3) is 0.154. The first kappa shape index (κ1) is 20.4. The predicted octanol–water partition coefficient (Wildman–Crippen LogP) is 6.27. The average Bonchev–Trinajstić information content (AvgIpc) is 3.41. The minimum absolute atomic E-state index is 0.183. The summed E-state index contributed by atoms with van der Waals surface area (Å²) >= 11 is 5.77. The van der Waals surface area contributed by atoms with Crippen LogP contribution in [0.15, 0.2) is 83.4 Å². The van der Waals surface area contributed by atoms with Crippen molar-refractivity contribution in [1.82, 2.24) is 10.3 Å². The summed E-state index contributed by atoms with van der Waals surface area (Å²) in [7, 11) is 0. The molecule has 6 heteroatoms. The normalized spacial score (nSPS) is 18.1. The summed E-state index contributed by atoms with van der Waals surface area (Å²) in [5, 5.41) is 4.06. The molecular weight excluding hydrogens is 421 g/mol. The number of nitrogens with zero attached hydrogens (tertiary/aromatic N) is 2. The SMILES string of the molecule is Cc1ccc(N2C(=S)NC(c3ccccn3)C2c2ccc(-c3ccc(F)cc3)o2)cc1C. The second-order valence-corrected chi connectivity index (χ2v) is 8.36. The third kappa shape index (κ3) is 3.67. The number of anilines is 1. The van der Waals surface area contributed by atoms with Gasteiger partial charge in [0.15, 0.2) is 5.11 Å². The van der Waals surface area contributed by atoms with Crippen molar-refractivity contribution in [3.63, 3.8) is 0 Å². The number of pyridine rings is 1. The molecule has 4 aromatic rings. The molecule has 0 spiro atoms. The highest BCUT2D eigenvalue weighted by atomic mass is 32.1. The molecule has 0 saturated carbocycles. The summed E-state index contributed by atoms with van der Waals surface area (Å²) in [5.74, 6) is 1.16. The van der Waals surface area contributed by atoms with Crippen LogP contribution < -0.4 is 10.2 Å². The molecule has 2 unspecified atom stereocenters. The van der Waals surface area contributed by atoms with E-state index in [0.29, 0.717) is 10.9 Å². The number of hydrogen-bond acceptors (Lipinski definition) is 3. The Kier molecular flexibility index (Phi) is 5.23. The Morgan fingerprint density at radius 1 is 0.969 bits per heavy atom. The van der Waals surface area contributed by atoms with Gasteiger partial charge in [-0.2, -0.15) is 0 Å². The minimum Gasteiger partial charge on any atom is -0.459 e. The van der Waals surface area contributed by atoms with E-state index in [1.165, 1.54) is 23.3 Å². The molecule has 0 aliphatic carbocycles. The molecule has 160 valence electrons. The van der Waals surface area contributed by atoms with E-state index in [0.717, 1.165) is 22.7 Å². The first-order valence-electron chi connectivity index (χ1n) is 10.4. The molecule has 5 rings (SSSR count). The summed E-state index contributed by atoms with van der Waals surface area (Å²) in [6, 6.07) is 21.9.